The zero-order valence-corrected chi connectivity index (χ0v) is 17.2. The maximum atomic E-state index is 13.0. The zero-order chi connectivity index (χ0) is 22.3. The van der Waals surface area contributed by atoms with Crippen LogP contribution in [0, 0.1) is 0 Å². The van der Waals surface area contributed by atoms with Gasteiger partial charge >= 0.3 is 11.9 Å². The molecule has 32 heavy (non-hydrogen) atoms. The molecule has 1 atom stereocenters. The Bertz CT molecular complexity index is 1300. The Morgan fingerprint density at radius 2 is 1.53 bits per heavy atom. The van der Waals surface area contributed by atoms with E-state index in [1.807, 2.05) is 72.8 Å². The van der Waals surface area contributed by atoms with Gasteiger partial charge in [0.05, 0.1) is 0 Å². The van der Waals surface area contributed by atoms with E-state index in [1.165, 1.54) is 0 Å². The maximum absolute atomic E-state index is 13.0. The number of carboxylic acid groups (broad SMARTS) is 1. The number of aromatic nitrogens is 1. The highest BCUT2D eigenvalue weighted by Gasteiger charge is 2.45. The Labute approximate surface area is 184 Å². The number of nitrogens with one attached hydrogen (secondary N) is 1. The lowest BCUT2D eigenvalue weighted by Gasteiger charge is -2.24. The van der Waals surface area contributed by atoms with Crippen LogP contribution in [0.4, 0.5) is 0 Å². The Kier molecular flexibility index (Phi) is 4.79. The molecule has 0 saturated heterocycles. The summed E-state index contributed by atoms with van der Waals surface area (Å²) in [5, 5.41) is 10.7. The van der Waals surface area contributed by atoms with Crippen molar-refractivity contribution in [3.8, 4) is 11.1 Å². The number of hydrogen-bond acceptors (Lipinski definition) is 4. The molecule has 6 heteroatoms. The van der Waals surface area contributed by atoms with Crippen LogP contribution in [0.3, 0.4) is 0 Å². The number of hydrogen-bond donors (Lipinski definition) is 3. The summed E-state index contributed by atoms with van der Waals surface area (Å²) >= 11 is 0. The Morgan fingerprint density at radius 1 is 0.938 bits per heavy atom. The summed E-state index contributed by atoms with van der Waals surface area (Å²) in [6.45, 7) is 0.0208. The molecule has 5 rings (SSSR count). The lowest BCUT2D eigenvalue weighted by molar-refractivity contribution is -0.161. The third kappa shape index (κ3) is 3.16. The van der Waals surface area contributed by atoms with Crippen LogP contribution in [0.1, 0.15) is 22.6 Å². The van der Waals surface area contributed by atoms with Gasteiger partial charge in [-0.15, -0.1) is 0 Å². The number of benzene rings is 3. The fraction of sp³-hybridized carbons (Fsp3) is 0.154. The summed E-state index contributed by atoms with van der Waals surface area (Å²) in [4.78, 5) is 28.2. The van der Waals surface area contributed by atoms with E-state index in [2.05, 4.69) is 4.98 Å². The van der Waals surface area contributed by atoms with Gasteiger partial charge in [0, 0.05) is 29.4 Å². The number of fused-ring (bicyclic) bond motifs is 4. The molecule has 0 radical (unpaired) electrons. The van der Waals surface area contributed by atoms with Crippen molar-refractivity contribution >= 4 is 22.8 Å². The van der Waals surface area contributed by atoms with Crippen molar-refractivity contribution < 1.29 is 19.4 Å². The fourth-order valence-corrected chi connectivity index (χ4v) is 4.54. The minimum Gasteiger partial charge on any atom is -0.479 e. The van der Waals surface area contributed by atoms with Gasteiger partial charge in [0.15, 0.2) is 0 Å². The molecule has 0 spiro atoms. The summed E-state index contributed by atoms with van der Waals surface area (Å²) in [6.07, 6.45) is 1.51. The topological polar surface area (TPSA) is 105 Å². The van der Waals surface area contributed by atoms with Crippen LogP contribution >= 0.6 is 0 Å². The number of para-hydroxylation sites is 1. The van der Waals surface area contributed by atoms with Crippen molar-refractivity contribution in [3.63, 3.8) is 0 Å². The normalized spacial score (nSPS) is 14.5. The van der Waals surface area contributed by atoms with E-state index >= 15 is 0 Å². The number of ether oxygens (including phenoxy) is 1. The van der Waals surface area contributed by atoms with Crippen LogP contribution in [0.2, 0.25) is 0 Å². The second-order valence-corrected chi connectivity index (χ2v) is 8.14. The molecule has 1 aliphatic carbocycles. The summed E-state index contributed by atoms with van der Waals surface area (Å²) < 4.78 is 5.57. The average molecular weight is 426 g/mol. The first kappa shape index (κ1) is 20.0. The second kappa shape index (κ2) is 7.66. The molecular formula is C26H22N2O4. The highest BCUT2D eigenvalue weighted by molar-refractivity contribution is 6.04. The van der Waals surface area contributed by atoms with E-state index in [9.17, 15) is 14.7 Å². The van der Waals surface area contributed by atoms with E-state index in [-0.39, 0.29) is 18.9 Å². The molecule has 3 aromatic carbocycles. The van der Waals surface area contributed by atoms with Gasteiger partial charge < -0.3 is 20.6 Å². The molecule has 1 aliphatic rings. The molecule has 0 amide bonds. The standard InChI is InChI=1S/C26H22N2O4/c27-26(24(29)30,13-16-14-28-23-12-6-5-7-17(16)23)25(31)32-15-22-20-10-3-1-8-18(20)19-9-2-4-11-21(19)22/h1-12,14,22,28H,13,15,27H2,(H,29,30)/t26-/m0/s1. The predicted molar refractivity (Wildman–Crippen MR) is 121 cm³/mol. The summed E-state index contributed by atoms with van der Waals surface area (Å²) in [7, 11) is 0. The molecule has 160 valence electrons. The fourth-order valence-electron chi connectivity index (χ4n) is 4.54. The smallest absolute Gasteiger partial charge is 0.338 e. The Balaban J connectivity index is 1.40. The minimum atomic E-state index is -2.19. The monoisotopic (exact) mass is 426 g/mol. The number of H-pyrrole nitrogens is 1. The van der Waals surface area contributed by atoms with Gasteiger partial charge in [0.2, 0.25) is 5.54 Å². The molecular weight excluding hydrogens is 404 g/mol. The van der Waals surface area contributed by atoms with Crippen LogP contribution in [-0.2, 0) is 20.7 Å². The van der Waals surface area contributed by atoms with Crippen LogP contribution in [-0.4, -0.2) is 34.2 Å². The van der Waals surface area contributed by atoms with Crippen molar-refractivity contribution in [2.45, 2.75) is 17.9 Å². The Morgan fingerprint density at radius 3 is 2.19 bits per heavy atom. The molecule has 1 heterocycles. The molecule has 1 aromatic heterocycles. The van der Waals surface area contributed by atoms with E-state index in [0.29, 0.717) is 5.56 Å². The number of aliphatic carboxylic acids is 1. The van der Waals surface area contributed by atoms with Crippen molar-refractivity contribution in [1.82, 2.24) is 4.98 Å². The quantitative estimate of drug-likeness (QED) is 0.321. The van der Waals surface area contributed by atoms with Crippen LogP contribution in [0.5, 0.6) is 0 Å². The lowest BCUT2D eigenvalue weighted by atomic mass is 9.91. The van der Waals surface area contributed by atoms with Crippen LogP contribution < -0.4 is 5.73 Å². The van der Waals surface area contributed by atoms with Gasteiger partial charge in [-0.2, -0.15) is 0 Å². The third-order valence-electron chi connectivity index (χ3n) is 6.23. The number of nitrogens with two attached hydrogens (primary N) is 1. The van der Waals surface area contributed by atoms with Gasteiger partial charge in [0.25, 0.3) is 0 Å². The first-order valence-corrected chi connectivity index (χ1v) is 10.4. The minimum absolute atomic E-state index is 0.0208. The number of esters is 1. The molecule has 0 unspecified atom stereocenters. The first-order valence-electron chi connectivity index (χ1n) is 10.4. The molecule has 4 N–H and O–H groups in total. The van der Waals surface area contributed by atoms with Gasteiger partial charge in [-0.3, -0.25) is 0 Å². The van der Waals surface area contributed by atoms with Gasteiger partial charge in [0.1, 0.15) is 6.61 Å². The van der Waals surface area contributed by atoms with E-state index < -0.39 is 17.5 Å². The number of carbonyl (C=O) groups is 2. The average Bonchev–Trinajstić information content (AvgIpc) is 3.36. The summed E-state index contributed by atoms with van der Waals surface area (Å²) in [6, 6.07) is 23.4. The van der Waals surface area contributed by atoms with E-state index in [0.717, 1.165) is 33.2 Å². The SMILES string of the molecule is N[C@@](Cc1c[nH]c2ccccc12)(C(=O)O)C(=O)OCC1c2ccccc2-c2ccccc21. The Hall–Kier alpha value is -3.90. The molecule has 4 aromatic rings. The van der Waals surface area contributed by atoms with Gasteiger partial charge in [-0.25, -0.2) is 9.59 Å². The number of aromatic amines is 1. The molecule has 0 fully saturated rings. The van der Waals surface area contributed by atoms with Crippen molar-refractivity contribution in [2.24, 2.45) is 5.73 Å². The number of rotatable bonds is 6. The molecule has 0 bridgehead atoms. The zero-order valence-electron chi connectivity index (χ0n) is 17.2. The van der Waals surface area contributed by atoms with Gasteiger partial charge in [-0.1, -0.05) is 66.7 Å². The van der Waals surface area contributed by atoms with Crippen molar-refractivity contribution in [1.29, 1.82) is 0 Å². The van der Waals surface area contributed by atoms with Crippen molar-refractivity contribution in [2.75, 3.05) is 6.61 Å². The van der Waals surface area contributed by atoms with E-state index in [1.54, 1.807) is 6.20 Å². The highest BCUT2D eigenvalue weighted by atomic mass is 16.5. The van der Waals surface area contributed by atoms with Crippen LogP contribution in [0.15, 0.2) is 79.0 Å². The largest absolute Gasteiger partial charge is 0.479 e. The van der Waals surface area contributed by atoms with Crippen molar-refractivity contribution in [3.05, 3.63) is 95.7 Å². The first-order chi connectivity index (χ1) is 15.5. The molecule has 0 saturated carbocycles. The highest BCUT2D eigenvalue weighted by Crippen LogP contribution is 2.44. The second-order valence-electron chi connectivity index (χ2n) is 8.14. The number of carboxylic acids is 1. The third-order valence-corrected chi connectivity index (χ3v) is 6.23. The molecule has 0 aliphatic heterocycles. The van der Waals surface area contributed by atoms with Crippen LogP contribution in [0.25, 0.3) is 22.0 Å². The summed E-state index contributed by atoms with van der Waals surface area (Å²) in [5.74, 6) is -2.53. The van der Waals surface area contributed by atoms with E-state index in [4.69, 9.17) is 10.5 Å². The van der Waals surface area contributed by atoms with Gasteiger partial charge in [-0.05, 0) is 33.9 Å². The predicted octanol–water partition coefficient (Wildman–Crippen LogP) is 3.85. The molecule has 6 nitrogen and oxygen atoms in total. The summed E-state index contributed by atoms with van der Waals surface area (Å²) in [5.41, 5.74) is 9.76. The maximum Gasteiger partial charge on any atom is 0.338 e. The number of carbonyl (C=O) groups excluding carboxylic acids is 1. The lowest BCUT2D eigenvalue weighted by Crippen LogP contribution is -2.57.